The van der Waals surface area contributed by atoms with E-state index in [1.807, 2.05) is 6.92 Å². The maximum Gasteiger partial charge on any atom is 0.422 e. The number of nitrogens with zero attached hydrogens (tertiary/aromatic N) is 1. The minimum atomic E-state index is -5.63. The standard InChI is InChI=1S/C24H26F8N/c1-4-7-8-9-14-10-11-33-16(12-14)17-15(13-22(33,5-2)6-3)18(23(27,28)29)21(26)19(20(17)25)24(30,31)32/h10-12H,4-9,13H2,1-3H3/q+1. The maximum atomic E-state index is 15.3. The zero-order valence-electron chi connectivity index (χ0n) is 18.7. The molecule has 1 aromatic heterocycles. The van der Waals surface area contributed by atoms with Crippen molar-refractivity contribution in [3.8, 4) is 11.3 Å². The van der Waals surface area contributed by atoms with Gasteiger partial charge in [-0.15, -0.1) is 0 Å². The van der Waals surface area contributed by atoms with Gasteiger partial charge in [0.15, 0.2) is 23.4 Å². The third-order valence-electron chi connectivity index (χ3n) is 6.73. The van der Waals surface area contributed by atoms with Gasteiger partial charge in [-0.2, -0.15) is 30.9 Å². The summed E-state index contributed by atoms with van der Waals surface area (Å²) in [5.74, 6) is -4.59. The molecule has 0 saturated carbocycles. The van der Waals surface area contributed by atoms with Crippen molar-refractivity contribution in [1.29, 1.82) is 0 Å². The second kappa shape index (κ2) is 8.87. The van der Waals surface area contributed by atoms with Crippen LogP contribution in [-0.4, -0.2) is 0 Å². The summed E-state index contributed by atoms with van der Waals surface area (Å²) in [6.45, 7) is 5.48. The van der Waals surface area contributed by atoms with E-state index in [1.165, 1.54) is 6.07 Å². The van der Waals surface area contributed by atoms with Crippen molar-refractivity contribution >= 4 is 0 Å². The van der Waals surface area contributed by atoms with Crippen LogP contribution in [0.1, 0.15) is 75.1 Å². The van der Waals surface area contributed by atoms with Gasteiger partial charge in [-0.25, -0.2) is 8.78 Å². The number of rotatable bonds is 6. The molecule has 1 aliphatic rings. The van der Waals surface area contributed by atoms with Crippen molar-refractivity contribution in [2.75, 3.05) is 0 Å². The van der Waals surface area contributed by atoms with Gasteiger partial charge in [0.2, 0.25) is 5.69 Å². The first-order chi connectivity index (χ1) is 15.3. The molecule has 2 aromatic rings. The maximum absolute atomic E-state index is 15.3. The smallest absolute Gasteiger partial charge is 0.206 e. The third-order valence-corrected chi connectivity index (χ3v) is 6.73. The highest BCUT2D eigenvalue weighted by Crippen LogP contribution is 2.49. The predicted octanol–water partition coefficient (Wildman–Crippen LogP) is 7.76. The van der Waals surface area contributed by atoms with Crippen LogP contribution in [0.15, 0.2) is 18.3 Å². The minimum Gasteiger partial charge on any atom is -0.206 e. The first-order valence-corrected chi connectivity index (χ1v) is 11.1. The summed E-state index contributed by atoms with van der Waals surface area (Å²) >= 11 is 0. The Morgan fingerprint density at radius 3 is 2.00 bits per heavy atom. The Bertz CT molecular complexity index is 1030. The lowest BCUT2D eigenvalue weighted by atomic mass is 9.76. The zero-order valence-corrected chi connectivity index (χ0v) is 18.7. The van der Waals surface area contributed by atoms with Crippen molar-refractivity contribution < 1.29 is 39.7 Å². The Kier molecular flexibility index (Phi) is 6.84. The molecule has 1 nitrogen and oxygen atoms in total. The zero-order chi connectivity index (χ0) is 24.8. The molecule has 0 unspecified atom stereocenters. The molecule has 0 N–H and O–H groups in total. The van der Waals surface area contributed by atoms with Crippen LogP contribution in [0.3, 0.4) is 0 Å². The highest BCUT2D eigenvalue weighted by molar-refractivity contribution is 5.69. The highest BCUT2D eigenvalue weighted by Gasteiger charge is 2.53. The van der Waals surface area contributed by atoms with Gasteiger partial charge < -0.3 is 0 Å². The van der Waals surface area contributed by atoms with E-state index < -0.39 is 58.2 Å². The van der Waals surface area contributed by atoms with Gasteiger partial charge in [-0.05, 0) is 24.0 Å². The molecule has 0 radical (unpaired) electrons. The number of hydrogen-bond acceptors (Lipinski definition) is 0. The Morgan fingerprint density at radius 2 is 1.48 bits per heavy atom. The molecule has 1 aromatic carbocycles. The quantitative estimate of drug-likeness (QED) is 0.226. The first kappa shape index (κ1) is 25.4. The molecule has 33 heavy (non-hydrogen) atoms. The Labute approximate surface area is 187 Å². The van der Waals surface area contributed by atoms with Gasteiger partial charge in [0.1, 0.15) is 5.56 Å². The second-order valence-electron chi connectivity index (χ2n) is 8.58. The van der Waals surface area contributed by atoms with Crippen molar-refractivity contribution in [1.82, 2.24) is 0 Å². The summed E-state index contributed by atoms with van der Waals surface area (Å²) in [6.07, 6.45) is -6.07. The summed E-state index contributed by atoms with van der Waals surface area (Å²) in [4.78, 5) is 0. The first-order valence-electron chi connectivity index (χ1n) is 11.1. The van der Waals surface area contributed by atoms with E-state index in [0.717, 1.165) is 19.3 Å². The van der Waals surface area contributed by atoms with Crippen LogP contribution in [0.25, 0.3) is 11.3 Å². The SMILES string of the molecule is CCCCCc1cc[n+]2c(c1)-c1c(F)c(C(F)(F)F)c(F)c(C(F)(F)F)c1CC2(CC)CC. The number of fused-ring (bicyclic) bond motifs is 3. The van der Waals surface area contributed by atoms with Gasteiger partial charge in [0.25, 0.3) is 0 Å². The number of alkyl halides is 6. The molecule has 0 atom stereocenters. The summed E-state index contributed by atoms with van der Waals surface area (Å²) < 4.78 is 114. The minimum absolute atomic E-state index is 0.0811. The van der Waals surface area contributed by atoms with Crippen molar-refractivity contribution in [3.05, 3.63) is 52.2 Å². The number of aryl methyl sites for hydroxylation is 1. The van der Waals surface area contributed by atoms with Crippen LogP contribution < -0.4 is 4.57 Å². The Hall–Kier alpha value is -2.19. The second-order valence-corrected chi connectivity index (χ2v) is 8.58. The van der Waals surface area contributed by atoms with Crippen LogP contribution in [-0.2, 0) is 30.7 Å². The lowest BCUT2D eigenvalue weighted by Gasteiger charge is -2.35. The van der Waals surface area contributed by atoms with Gasteiger partial charge in [-0.1, -0.05) is 33.6 Å². The molecule has 0 saturated heterocycles. The van der Waals surface area contributed by atoms with Crippen LogP contribution >= 0.6 is 0 Å². The van der Waals surface area contributed by atoms with Gasteiger partial charge in [0.05, 0.1) is 11.1 Å². The van der Waals surface area contributed by atoms with E-state index in [-0.39, 0.29) is 5.69 Å². The predicted molar refractivity (Wildman–Crippen MR) is 107 cm³/mol. The molecule has 1 aliphatic heterocycles. The van der Waals surface area contributed by atoms with Crippen molar-refractivity contribution in [3.63, 3.8) is 0 Å². The molecule has 2 heterocycles. The number of aromatic nitrogens is 1. The molecule has 0 fully saturated rings. The molecular weight excluding hydrogens is 454 g/mol. The molecule has 3 rings (SSSR count). The van der Waals surface area contributed by atoms with Gasteiger partial charge in [0, 0.05) is 31.4 Å². The Balaban J connectivity index is 2.44. The van der Waals surface area contributed by atoms with Gasteiger partial charge in [-0.3, -0.25) is 0 Å². The molecule has 0 spiro atoms. The van der Waals surface area contributed by atoms with E-state index in [2.05, 4.69) is 0 Å². The van der Waals surface area contributed by atoms with Crippen LogP contribution in [0.5, 0.6) is 0 Å². The monoisotopic (exact) mass is 480 g/mol. The normalized spacial score (nSPS) is 15.4. The van der Waals surface area contributed by atoms with Gasteiger partial charge >= 0.3 is 12.4 Å². The third kappa shape index (κ3) is 4.35. The van der Waals surface area contributed by atoms with Crippen molar-refractivity contribution in [2.45, 2.75) is 83.6 Å². The molecule has 9 heteroatoms. The van der Waals surface area contributed by atoms with Crippen LogP contribution in [0.4, 0.5) is 35.1 Å². The summed E-state index contributed by atoms with van der Waals surface area (Å²) in [5, 5.41) is 0. The summed E-state index contributed by atoms with van der Waals surface area (Å²) in [6, 6.07) is 3.22. The van der Waals surface area contributed by atoms with E-state index >= 15 is 4.39 Å². The van der Waals surface area contributed by atoms with Crippen molar-refractivity contribution in [2.24, 2.45) is 0 Å². The molecule has 0 bridgehead atoms. The number of halogens is 8. The van der Waals surface area contributed by atoms with E-state index in [0.29, 0.717) is 24.8 Å². The molecule has 0 amide bonds. The number of hydrogen-bond donors (Lipinski definition) is 0. The van der Waals surface area contributed by atoms with Crippen LogP contribution in [0, 0.1) is 11.6 Å². The topological polar surface area (TPSA) is 3.88 Å². The summed E-state index contributed by atoms with van der Waals surface area (Å²) in [7, 11) is 0. The van der Waals surface area contributed by atoms with E-state index in [4.69, 9.17) is 0 Å². The lowest BCUT2D eigenvalue weighted by molar-refractivity contribution is -0.758. The lowest BCUT2D eigenvalue weighted by Crippen LogP contribution is -2.60. The summed E-state index contributed by atoms with van der Waals surface area (Å²) in [5.41, 5.74) is -6.46. The average Bonchev–Trinajstić information content (AvgIpc) is 2.70. The molecule has 182 valence electrons. The number of benzene rings is 1. The fourth-order valence-electron chi connectivity index (χ4n) is 4.86. The largest absolute Gasteiger partial charge is 0.422 e. The molecule has 0 aliphatic carbocycles. The fraction of sp³-hybridized carbons (Fsp3) is 0.542. The molecular formula is C24H26F8N+. The fourth-order valence-corrected chi connectivity index (χ4v) is 4.86. The Morgan fingerprint density at radius 1 is 0.879 bits per heavy atom. The highest BCUT2D eigenvalue weighted by atomic mass is 19.4. The number of unbranched alkanes of at least 4 members (excludes halogenated alkanes) is 2. The van der Waals surface area contributed by atoms with E-state index in [9.17, 15) is 30.7 Å². The van der Waals surface area contributed by atoms with Crippen LogP contribution in [0.2, 0.25) is 0 Å². The van der Waals surface area contributed by atoms with E-state index in [1.54, 1.807) is 30.7 Å². The average molecular weight is 480 g/mol. The number of pyridine rings is 1.